The molecule has 0 heterocycles. The van der Waals surface area contributed by atoms with Crippen LogP contribution in [0.4, 0.5) is 0 Å². The maximum atomic E-state index is 5.14. The van der Waals surface area contributed by atoms with Crippen molar-refractivity contribution < 1.29 is 4.74 Å². The lowest BCUT2D eigenvalue weighted by molar-refractivity contribution is 0.167. The van der Waals surface area contributed by atoms with Crippen molar-refractivity contribution in [3.05, 3.63) is 0 Å². The molecule has 114 valence electrons. The van der Waals surface area contributed by atoms with Crippen molar-refractivity contribution in [2.45, 2.75) is 57.9 Å². The van der Waals surface area contributed by atoms with E-state index >= 15 is 0 Å². The quantitative estimate of drug-likeness (QED) is 0.515. The Labute approximate surface area is 120 Å². The third kappa shape index (κ3) is 7.28. The Hall–Kier alpha value is -0.120. The summed E-state index contributed by atoms with van der Waals surface area (Å²) in [5.41, 5.74) is 0. The van der Waals surface area contributed by atoms with Gasteiger partial charge in [0.25, 0.3) is 0 Å². The summed E-state index contributed by atoms with van der Waals surface area (Å²) in [6.45, 7) is 6.71. The Morgan fingerprint density at radius 1 is 1.21 bits per heavy atom. The molecule has 19 heavy (non-hydrogen) atoms. The standard InChI is InChI=1S/C16H34N2O/c1-4-11-17-16-10-7-5-6-9-15(16)14-18(2)12-8-13-19-3/h15-17H,4-14H2,1-3H3. The average molecular weight is 270 g/mol. The van der Waals surface area contributed by atoms with Crippen LogP contribution in [0.2, 0.25) is 0 Å². The van der Waals surface area contributed by atoms with Gasteiger partial charge in [-0.3, -0.25) is 0 Å². The highest BCUT2D eigenvalue weighted by Crippen LogP contribution is 2.24. The highest BCUT2D eigenvalue weighted by Gasteiger charge is 2.23. The van der Waals surface area contributed by atoms with Gasteiger partial charge in [0.05, 0.1) is 0 Å². The van der Waals surface area contributed by atoms with Crippen LogP contribution in [-0.4, -0.2) is 51.3 Å². The predicted octanol–water partition coefficient (Wildman–Crippen LogP) is 2.90. The molecule has 0 aromatic carbocycles. The molecule has 0 spiro atoms. The fourth-order valence-electron chi connectivity index (χ4n) is 3.17. The molecule has 1 aliphatic rings. The van der Waals surface area contributed by atoms with Crippen molar-refractivity contribution >= 4 is 0 Å². The number of hydrogen-bond donors (Lipinski definition) is 1. The average Bonchev–Trinajstić information content (AvgIpc) is 2.62. The molecule has 1 aliphatic carbocycles. The summed E-state index contributed by atoms with van der Waals surface area (Å²) in [6.07, 6.45) is 9.41. The molecule has 0 amide bonds. The third-order valence-electron chi connectivity index (χ3n) is 4.25. The van der Waals surface area contributed by atoms with Crippen LogP contribution < -0.4 is 5.32 Å². The minimum absolute atomic E-state index is 0.743. The fourth-order valence-corrected chi connectivity index (χ4v) is 3.17. The van der Waals surface area contributed by atoms with Crippen LogP contribution >= 0.6 is 0 Å². The number of rotatable bonds is 9. The Morgan fingerprint density at radius 2 is 2.00 bits per heavy atom. The molecule has 1 N–H and O–H groups in total. The van der Waals surface area contributed by atoms with E-state index in [4.69, 9.17) is 4.74 Å². The first-order chi connectivity index (χ1) is 9.27. The second-order valence-corrected chi connectivity index (χ2v) is 6.07. The third-order valence-corrected chi connectivity index (χ3v) is 4.25. The topological polar surface area (TPSA) is 24.5 Å². The van der Waals surface area contributed by atoms with Gasteiger partial charge < -0.3 is 15.0 Å². The zero-order valence-corrected chi connectivity index (χ0v) is 13.3. The Bertz CT molecular complexity index is 211. The predicted molar refractivity (Wildman–Crippen MR) is 82.6 cm³/mol. The van der Waals surface area contributed by atoms with Crippen molar-refractivity contribution in [1.29, 1.82) is 0 Å². The molecular formula is C16H34N2O. The zero-order valence-electron chi connectivity index (χ0n) is 13.3. The minimum atomic E-state index is 0.743. The van der Waals surface area contributed by atoms with E-state index in [1.54, 1.807) is 7.11 Å². The van der Waals surface area contributed by atoms with Gasteiger partial charge in [0.2, 0.25) is 0 Å². The molecule has 0 radical (unpaired) electrons. The number of ether oxygens (including phenoxy) is 1. The second kappa shape index (κ2) is 10.6. The van der Waals surface area contributed by atoms with E-state index in [2.05, 4.69) is 24.2 Å². The van der Waals surface area contributed by atoms with E-state index in [1.807, 2.05) is 0 Å². The molecule has 2 unspecified atom stereocenters. The highest BCUT2D eigenvalue weighted by molar-refractivity contribution is 4.81. The zero-order chi connectivity index (χ0) is 13.9. The van der Waals surface area contributed by atoms with Crippen LogP contribution in [0.5, 0.6) is 0 Å². The lowest BCUT2D eigenvalue weighted by Crippen LogP contribution is -2.41. The molecule has 3 nitrogen and oxygen atoms in total. The molecule has 1 fully saturated rings. The van der Waals surface area contributed by atoms with E-state index in [1.165, 1.54) is 51.6 Å². The maximum absolute atomic E-state index is 5.14. The van der Waals surface area contributed by atoms with Gasteiger partial charge in [0, 0.05) is 32.8 Å². The van der Waals surface area contributed by atoms with Gasteiger partial charge in [-0.05, 0) is 45.2 Å². The normalized spacial score (nSPS) is 24.6. The highest BCUT2D eigenvalue weighted by atomic mass is 16.5. The second-order valence-electron chi connectivity index (χ2n) is 6.07. The molecule has 0 aliphatic heterocycles. The lowest BCUT2D eigenvalue weighted by atomic mass is 9.94. The smallest absolute Gasteiger partial charge is 0.0474 e. The lowest BCUT2D eigenvalue weighted by Gasteiger charge is -2.30. The number of nitrogens with one attached hydrogen (secondary N) is 1. The van der Waals surface area contributed by atoms with E-state index in [9.17, 15) is 0 Å². The molecule has 0 saturated heterocycles. The Morgan fingerprint density at radius 3 is 2.74 bits per heavy atom. The molecule has 0 bridgehead atoms. The van der Waals surface area contributed by atoms with Gasteiger partial charge in [-0.25, -0.2) is 0 Å². The van der Waals surface area contributed by atoms with Gasteiger partial charge in [0.15, 0.2) is 0 Å². The SMILES string of the molecule is CCCNC1CCCCCC1CN(C)CCCOC. The van der Waals surface area contributed by atoms with Gasteiger partial charge in [-0.15, -0.1) is 0 Å². The molecule has 0 aromatic heterocycles. The minimum Gasteiger partial charge on any atom is -0.385 e. The summed E-state index contributed by atoms with van der Waals surface area (Å²) in [4.78, 5) is 2.50. The first kappa shape index (κ1) is 16.9. The van der Waals surface area contributed by atoms with Gasteiger partial charge >= 0.3 is 0 Å². The Kier molecular flexibility index (Phi) is 9.48. The van der Waals surface area contributed by atoms with Crippen LogP contribution in [0, 0.1) is 5.92 Å². The van der Waals surface area contributed by atoms with Crippen LogP contribution in [0.1, 0.15) is 51.9 Å². The summed E-state index contributed by atoms with van der Waals surface area (Å²) in [6, 6.07) is 0.743. The van der Waals surface area contributed by atoms with E-state index < -0.39 is 0 Å². The summed E-state index contributed by atoms with van der Waals surface area (Å²) < 4.78 is 5.14. The molecule has 1 saturated carbocycles. The summed E-state index contributed by atoms with van der Waals surface area (Å²) >= 11 is 0. The Balaban J connectivity index is 2.35. The number of methoxy groups -OCH3 is 1. The van der Waals surface area contributed by atoms with E-state index in [0.717, 1.165) is 31.5 Å². The van der Waals surface area contributed by atoms with Crippen molar-refractivity contribution in [3.8, 4) is 0 Å². The van der Waals surface area contributed by atoms with Crippen LogP contribution in [-0.2, 0) is 4.74 Å². The number of hydrogen-bond acceptors (Lipinski definition) is 3. The van der Waals surface area contributed by atoms with Crippen LogP contribution in [0.15, 0.2) is 0 Å². The number of nitrogens with zero attached hydrogens (tertiary/aromatic N) is 1. The molecule has 0 aromatic rings. The van der Waals surface area contributed by atoms with Crippen molar-refractivity contribution in [2.24, 2.45) is 5.92 Å². The molecule has 1 rings (SSSR count). The van der Waals surface area contributed by atoms with Gasteiger partial charge in [-0.2, -0.15) is 0 Å². The first-order valence-electron chi connectivity index (χ1n) is 8.18. The molecule has 3 heteroatoms. The van der Waals surface area contributed by atoms with E-state index in [0.29, 0.717) is 0 Å². The molecule has 2 atom stereocenters. The largest absolute Gasteiger partial charge is 0.385 e. The molecular weight excluding hydrogens is 236 g/mol. The van der Waals surface area contributed by atoms with Crippen LogP contribution in [0.25, 0.3) is 0 Å². The van der Waals surface area contributed by atoms with Gasteiger partial charge in [-0.1, -0.05) is 26.2 Å². The monoisotopic (exact) mass is 270 g/mol. The first-order valence-corrected chi connectivity index (χ1v) is 8.18. The summed E-state index contributed by atoms with van der Waals surface area (Å²) in [5.74, 6) is 0.835. The summed E-state index contributed by atoms with van der Waals surface area (Å²) in [7, 11) is 4.05. The maximum Gasteiger partial charge on any atom is 0.0474 e. The van der Waals surface area contributed by atoms with Gasteiger partial charge in [0.1, 0.15) is 0 Å². The fraction of sp³-hybridized carbons (Fsp3) is 1.00. The van der Waals surface area contributed by atoms with Crippen molar-refractivity contribution in [3.63, 3.8) is 0 Å². The van der Waals surface area contributed by atoms with Crippen molar-refractivity contribution in [2.75, 3.05) is 40.4 Å². The van der Waals surface area contributed by atoms with Crippen molar-refractivity contribution in [1.82, 2.24) is 10.2 Å². The van der Waals surface area contributed by atoms with E-state index in [-0.39, 0.29) is 0 Å². The summed E-state index contributed by atoms with van der Waals surface area (Å²) in [5, 5.41) is 3.78. The van der Waals surface area contributed by atoms with Crippen LogP contribution in [0.3, 0.4) is 0 Å².